The molecule has 0 amide bonds. The van der Waals surface area contributed by atoms with Crippen LogP contribution in [-0.2, 0) is 26.0 Å². The molecule has 6 heteroatoms. The van der Waals surface area contributed by atoms with Gasteiger partial charge in [0.1, 0.15) is 5.75 Å². The second-order valence-electron chi connectivity index (χ2n) is 5.37. The third-order valence-electron chi connectivity index (χ3n) is 3.73. The van der Waals surface area contributed by atoms with Crippen LogP contribution >= 0.6 is 0 Å². The Bertz CT molecular complexity index is 376. The average Bonchev–Trinajstić information content (AvgIpc) is 2.51. The molecule has 1 heterocycles. The topological polar surface area (TPSA) is 48.6 Å². The van der Waals surface area contributed by atoms with Crippen LogP contribution in [0, 0.1) is 0 Å². The maximum absolute atomic E-state index is 5.21. The zero-order valence-electron chi connectivity index (χ0n) is 13.7. The summed E-state index contributed by atoms with van der Waals surface area (Å²) < 4.78 is 5.21. The third-order valence-corrected chi connectivity index (χ3v) is 3.73. The molecule has 1 aromatic carbocycles. The van der Waals surface area contributed by atoms with Gasteiger partial charge in [-0.2, -0.15) is 0 Å². The van der Waals surface area contributed by atoms with Gasteiger partial charge in [-0.15, -0.1) is 0 Å². The Morgan fingerprint density at radius 2 is 1.36 bits per heavy atom. The molecule has 0 radical (unpaired) electrons. The van der Waals surface area contributed by atoms with Crippen molar-refractivity contribution < 1.29 is 24.2 Å². The van der Waals surface area contributed by atoms with Gasteiger partial charge in [0.2, 0.25) is 0 Å². The van der Waals surface area contributed by atoms with Crippen LogP contribution in [0.25, 0.3) is 0 Å². The van der Waals surface area contributed by atoms with Gasteiger partial charge in [-0.1, -0.05) is 12.1 Å². The van der Waals surface area contributed by atoms with E-state index in [4.69, 9.17) is 4.74 Å². The quantitative estimate of drug-likeness (QED) is 0.678. The number of nitrogens with zero attached hydrogens (tertiary/aromatic N) is 1. The Morgan fingerprint density at radius 3 is 1.86 bits per heavy atom. The molecule has 1 fully saturated rings. The van der Waals surface area contributed by atoms with Crippen LogP contribution in [0.3, 0.4) is 0 Å². The molecule has 2 rings (SSSR count). The minimum atomic E-state index is 0. The van der Waals surface area contributed by atoms with E-state index in [9.17, 15) is 0 Å². The summed E-state index contributed by atoms with van der Waals surface area (Å²) in [6.07, 6.45) is 0. The minimum absolute atomic E-state index is 0. The summed E-state index contributed by atoms with van der Waals surface area (Å²) in [7, 11) is 1.71. The van der Waals surface area contributed by atoms with Crippen LogP contribution in [0.5, 0.6) is 5.75 Å². The molecule has 0 bridgehead atoms. The smallest absolute Gasteiger partial charge is 0.118 e. The van der Waals surface area contributed by atoms with Gasteiger partial charge in [0.15, 0.2) is 0 Å². The number of ether oxygens (including phenoxy) is 1. The largest absolute Gasteiger partial charge is 0.497 e. The number of hydrogen-bond donors (Lipinski definition) is 3. The monoisotopic (exact) mass is 356 g/mol. The first-order chi connectivity index (χ1) is 10.4. The molecule has 0 spiro atoms. The fraction of sp³-hybridized carbons (Fsp3) is 0.625. The van der Waals surface area contributed by atoms with Crippen molar-refractivity contribution in [3.05, 3.63) is 29.8 Å². The maximum Gasteiger partial charge on any atom is 0.118 e. The fourth-order valence-electron chi connectivity index (χ4n) is 2.46. The molecule has 1 aliphatic heterocycles. The summed E-state index contributed by atoms with van der Waals surface area (Å²) in [5.74, 6) is 0.920. The Morgan fingerprint density at radius 1 is 0.864 bits per heavy atom. The van der Waals surface area contributed by atoms with Gasteiger partial charge in [0.25, 0.3) is 0 Å². The third kappa shape index (κ3) is 7.66. The predicted octanol–water partition coefficient (Wildman–Crippen LogP) is 0.277. The predicted molar refractivity (Wildman–Crippen MR) is 86.9 cm³/mol. The fourth-order valence-corrected chi connectivity index (χ4v) is 2.46. The maximum atomic E-state index is 5.21. The summed E-state index contributed by atoms with van der Waals surface area (Å²) in [5, 5.41) is 10.4. The molecule has 0 aromatic heterocycles. The Hall–Kier alpha value is -0.517. The molecule has 5 nitrogen and oxygen atoms in total. The van der Waals surface area contributed by atoms with E-state index in [1.54, 1.807) is 7.11 Å². The molecule has 1 aliphatic rings. The first kappa shape index (κ1) is 19.5. The van der Waals surface area contributed by atoms with Crippen molar-refractivity contribution >= 4 is 0 Å². The zero-order chi connectivity index (χ0) is 14.8. The van der Waals surface area contributed by atoms with Gasteiger partial charge in [0.05, 0.1) is 7.11 Å². The summed E-state index contributed by atoms with van der Waals surface area (Å²) in [5.41, 5.74) is 1.34. The summed E-state index contributed by atoms with van der Waals surface area (Å²) in [4.78, 5) is 2.50. The van der Waals surface area contributed by atoms with Crippen molar-refractivity contribution in [1.29, 1.82) is 0 Å². The number of methoxy groups -OCH3 is 1. The van der Waals surface area contributed by atoms with E-state index in [0.717, 1.165) is 64.7 Å². The molecule has 22 heavy (non-hydrogen) atoms. The molecular formula is C16H28N4OZn. The zero-order valence-corrected chi connectivity index (χ0v) is 16.7. The first-order valence-electron chi connectivity index (χ1n) is 7.86. The van der Waals surface area contributed by atoms with Crippen LogP contribution in [0.15, 0.2) is 24.3 Å². The van der Waals surface area contributed by atoms with E-state index < -0.39 is 0 Å². The number of hydrogen-bond acceptors (Lipinski definition) is 5. The number of nitrogens with one attached hydrogen (secondary N) is 3. The SMILES string of the molecule is COc1ccc(CN2CCNCCNCCNCC2)cc1.[Zn]. The number of rotatable bonds is 3. The molecule has 0 saturated carbocycles. The van der Waals surface area contributed by atoms with Crippen molar-refractivity contribution in [1.82, 2.24) is 20.9 Å². The standard InChI is InChI=1S/C16H28N4O.Zn/c1-21-16-4-2-15(3-5-16)14-20-12-10-18-8-6-17-7-9-19-11-13-20;/h2-5,17-19H,6-14H2,1H3;. The molecule has 3 N–H and O–H groups in total. The normalized spacial score (nSPS) is 18.6. The number of benzene rings is 1. The molecular weight excluding hydrogens is 330 g/mol. The summed E-state index contributed by atoms with van der Waals surface area (Å²) in [6.45, 7) is 9.38. The molecule has 0 atom stereocenters. The molecule has 1 aromatic rings. The van der Waals surface area contributed by atoms with E-state index in [0.29, 0.717) is 0 Å². The second-order valence-corrected chi connectivity index (χ2v) is 5.37. The Balaban J connectivity index is 0.00000242. The van der Waals surface area contributed by atoms with Gasteiger partial charge >= 0.3 is 0 Å². The van der Waals surface area contributed by atoms with Crippen LogP contribution < -0.4 is 20.7 Å². The van der Waals surface area contributed by atoms with Crippen molar-refractivity contribution in [2.45, 2.75) is 6.54 Å². The molecule has 0 unspecified atom stereocenters. The van der Waals surface area contributed by atoms with Crippen LogP contribution in [-0.4, -0.2) is 64.4 Å². The van der Waals surface area contributed by atoms with Gasteiger partial charge in [-0.25, -0.2) is 0 Å². The summed E-state index contributed by atoms with van der Waals surface area (Å²) in [6, 6.07) is 8.38. The van der Waals surface area contributed by atoms with Crippen molar-refractivity contribution in [3.8, 4) is 5.75 Å². The van der Waals surface area contributed by atoms with Crippen molar-refractivity contribution in [2.75, 3.05) is 59.5 Å². The second kappa shape index (κ2) is 12.0. The van der Waals surface area contributed by atoms with Crippen molar-refractivity contribution in [2.24, 2.45) is 0 Å². The van der Waals surface area contributed by atoms with Crippen LogP contribution in [0.4, 0.5) is 0 Å². The van der Waals surface area contributed by atoms with E-state index in [2.05, 4.69) is 33.0 Å². The van der Waals surface area contributed by atoms with E-state index >= 15 is 0 Å². The van der Waals surface area contributed by atoms with Crippen molar-refractivity contribution in [3.63, 3.8) is 0 Å². The first-order valence-corrected chi connectivity index (χ1v) is 7.86. The average molecular weight is 358 g/mol. The van der Waals surface area contributed by atoms with E-state index in [1.165, 1.54) is 5.56 Å². The van der Waals surface area contributed by atoms with E-state index in [-0.39, 0.29) is 19.5 Å². The van der Waals surface area contributed by atoms with Gasteiger partial charge < -0.3 is 20.7 Å². The molecule has 0 aliphatic carbocycles. The Labute approximate surface area is 146 Å². The van der Waals surface area contributed by atoms with E-state index in [1.807, 2.05) is 12.1 Å². The van der Waals surface area contributed by atoms with Crippen LogP contribution in [0.1, 0.15) is 5.56 Å². The summed E-state index contributed by atoms with van der Waals surface area (Å²) >= 11 is 0. The minimum Gasteiger partial charge on any atom is -0.497 e. The molecule has 120 valence electrons. The Kier molecular flexibility index (Phi) is 10.6. The van der Waals surface area contributed by atoms with Crippen LogP contribution in [0.2, 0.25) is 0 Å². The van der Waals surface area contributed by atoms with Gasteiger partial charge in [0, 0.05) is 78.4 Å². The molecule has 1 saturated heterocycles. The van der Waals surface area contributed by atoms with Gasteiger partial charge in [-0.05, 0) is 17.7 Å². The van der Waals surface area contributed by atoms with Gasteiger partial charge in [-0.3, -0.25) is 4.90 Å².